The van der Waals surface area contributed by atoms with E-state index in [0.29, 0.717) is 6.42 Å². The van der Waals surface area contributed by atoms with Crippen LogP contribution in [0.3, 0.4) is 0 Å². The van der Waals surface area contributed by atoms with Crippen molar-refractivity contribution in [1.29, 1.82) is 0 Å². The van der Waals surface area contributed by atoms with Crippen molar-refractivity contribution in [2.45, 2.75) is 26.4 Å². The number of hydrogen-bond donors (Lipinski definition) is 1. The van der Waals surface area contributed by atoms with Crippen LogP contribution >= 0.6 is 0 Å². The highest BCUT2D eigenvalue weighted by atomic mass is 19.4. The average Bonchev–Trinajstić information content (AvgIpc) is 2.57. The van der Waals surface area contributed by atoms with E-state index >= 15 is 0 Å². The van der Waals surface area contributed by atoms with Gasteiger partial charge in [0.25, 0.3) is 0 Å². The number of alkyl halides is 3. The summed E-state index contributed by atoms with van der Waals surface area (Å²) in [5.41, 5.74) is -1.37. The maximum absolute atomic E-state index is 12.6. The highest BCUT2D eigenvalue weighted by Gasteiger charge is 2.37. The number of aromatic nitrogens is 2. The molecule has 1 rings (SSSR count). The first-order valence-corrected chi connectivity index (χ1v) is 5.17. The molecule has 0 spiro atoms. The number of aryl methyl sites for hydroxylation is 1. The van der Waals surface area contributed by atoms with E-state index in [2.05, 4.69) is 10.4 Å². The zero-order valence-electron chi connectivity index (χ0n) is 9.80. The smallest absolute Gasteiger partial charge is 0.323 e. The summed E-state index contributed by atoms with van der Waals surface area (Å²) in [5, 5.41) is 5.54. The van der Waals surface area contributed by atoms with E-state index in [1.54, 1.807) is 13.8 Å². The maximum atomic E-state index is 12.6. The summed E-state index contributed by atoms with van der Waals surface area (Å²) in [6.45, 7) is 3.44. The van der Waals surface area contributed by atoms with E-state index in [9.17, 15) is 18.0 Å². The molecule has 96 valence electrons. The van der Waals surface area contributed by atoms with Crippen molar-refractivity contribution in [2.24, 2.45) is 13.0 Å². The largest absolute Gasteiger partial charge is 0.437 e. The third-order valence-electron chi connectivity index (χ3n) is 2.42. The molecule has 0 aliphatic heterocycles. The van der Waals surface area contributed by atoms with Crippen LogP contribution in [0, 0.1) is 5.92 Å². The monoisotopic (exact) mass is 249 g/mol. The molecule has 17 heavy (non-hydrogen) atoms. The van der Waals surface area contributed by atoms with Crippen LogP contribution in [0.4, 0.5) is 18.9 Å². The van der Waals surface area contributed by atoms with Gasteiger partial charge in [-0.2, -0.15) is 18.3 Å². The van der Waals surface area contributed by atoms with Gasteiger partial charge in [0.1, 0.15) is 0 Å². The van der Waals surface area contributed by atoms with Crippen molar-refractivity contribution in [1.82, 2.24) is 9.78 Å². The lowest BCUT2D eigenvalue weighted by molar-refractivity contribution is -0.140. The Balaban J connectivity index is 2.95. The first-order chi connectivity index (χ1) is 7.75. The van der Waals surface area contributed by atoms with Crippen LogP contribution in [0.25, 0.3) is 0 Å². The van der Waals surface area contributed by atoms with Gasteiger partial charge < -0.3 is 5.32 Å². The number of carbonyl (C=O) groups is 1. The van der Waals surface area contributed by atoms with Crippen molar-refractivity contribution in [3.63, 3.8) is 0 Å². The fraction of sp³-hybridized carbons (Fsp3) is 0.600. The molecule has 1 atom stereocenters. The molecule has 1 N–H and O–H groups in total. The molecule has 1 heterocycles. The van der Waals surface area contributed by atoms with E-state index in [0.717, 1.165) is 10.9 Å². The Hall–Kier alpha value is -1.53. The second-order valence-electron chi connectivity index (χ2n) is 3.86. The number of anilines is 1. The molecule has 4 nitrogen and oxygen atoms in total. The van der Waals surface area contributed by atoms with E-state index in [1.165, 1.54) is 7.05 Å². The minimum Gasteiger partial charge on any atom is -0.323 e. The molecule has 1 amide bonds. The molecule has 1 aromatic heterocycles. The van der Waals surface area contributed by atoms with Crippen LogP contribution in [-0.4, -0.2) is 15.7 Å². The van der Waals surface area contributed by atoms with Crippen LogP contribution in [0.5, 0.6) is 0 Å². The van der Waals surface area contributed by atoms with Crippen molar-refractivity contribution >= 4 is 11.6 Å². The molecule has 0 aromatic carbocycles. The van der Waals surface area contributed by atoms with Crippen molar-refractivity contribution in [2.75, 3.05) is 5.32 Å². The van der Waals surface area contributed by atoms with Gasteiger partial charge >= 0.3 is 6.18 Å². The number of carbonyl (C=O) groups excluding carboxylic acids is 1. The Bertz CT molecular complexity index is 411. The number of nitrogens with one attached hydrogen (secondary N) is 1. The van der Waals surface area contributed by atoms with Gasteiger partial charge in [0.05, 0.1) is 5.69 Å². The summed E-state index contributed by atoms with van der Waals surface area (Å²) >= 11 is 0. The predicted molar refractivity (Wildman–Crippen MR) is 56.3 cm³/mol. The van der Waals surface area contributed by atoms with Gasteiger partial charge in [-0.15, -0.1) is 0 Å². The predicted octanol–water partition coefficient (Wildman–Crippen LogP) is 2.42. The summed E-state index contributed by atoms with van der Waals surface area (Å²) in [6, 6.07) is 0. The Morgan fingerprint density at radius 2 is 2.18 bits per heavy atom. The molecule has 0 fully saturated rings. The lowest BCUT2D eigenvalue weighted by Gasteiger charge is -2.10. The number of hydrogen-bond acceptors (Lipinski definition) is 2. The Morgan fingerprint density at radius 3 is 2.65 bits per heavy atom. The zero-order valence-corrected chi connectivity index (χ0v) is 9.80. The van der Waals surface area contributed by atoms with Gasteiger partial charge in [0.15, 0.2) is 5.69 Å². The van der Waals surface area contributed by atoms with E-state index in [4.69, 9.17) is 0 Å². The highest BCUT2D eigenvalue weighted by Crippen LogP contribution is 2.33. The van der Waals surface area contributed by atoms with Gasteiger partial charge in [-0.1, -0.05) is 13.8 Å². The molecule has 0 bridgehead atoms. The van der Waals surface area contributed by atoms with Gasteiger partial charge in [0.2, 0.25) is 5.91 Å². The molecule has 0 aliphatic carbocycles. The first kappa shape index (κ1) is 13.5. The van der Waals surface area contributed by atoms with Crippen molar-refractivity contribution in [3.05, 3.63) is 11.9 Å². The van der Waals surface area contributed by atoms with E-state index < -0.39 is 17.8 Å². The summed E-state index contributed by atoms with van der Waals surface area (Å²) in [4.78, 5) is 11.5. The van der Waals surface area contributed by atoms with Crippen molar-refractivity contribution < 1.29 is 18.0 Å². The summed E-state index contributed by atoms with van der Waals surface area (Å²) < 4.78 is 38.7. The van der Waals surface area contributed by atoms with E-state index in [-0.39, 0.29) is 11.6 Å². The lowest BCUT2D eigenvalue weighted by Crippen LogP contribution is -2.21. The first-order valence-electron chi connectivity index (χ1n) is 5.17. The number of amides is 1. The molecule has 0 aliphatic rings. The van der Waals surface area contributed by atoms with Gasteiger partial charge in [-0.3, -0.25) is 9.48 Å². The minimum absolute atomic E-state index is 0.301. The molecule has 0 saturated carbocycles. The quantitative estimate of drug-likeness (QED) is 0.894. The summed E-state index contributed by atoms with van der Waals surface area (Å²) in [5.74, 6) is -0.776. The van der Waals surface area contributed by atoms with Gasteiger partial charge in [0, 0.05) is 19.2 Å². The second kappa shape index (κ2) is 4.77. The highest BCUT2D eigenvalue weighted by molar-refractivity contribution is 5.92. The molecule has 1 aromatic rings. The topological polar surface area (TPSA) is 46.9 Å². The van der Waals surface area contributed by atoms with Crippen LogP contribution in [0.2, 0.25) is 0 Å². The second-order valence-corrected chi connectivity index (χ2v) is 3.86. The molecular weight excluding hydrogens is 235 g/mol. The molecule has 0 radical (unpaired) electrons. The summed E-state index contributed by atoms with van der Waals surface area (Å²) in [7, 11) is 1.37. The zero-order chi connectivity index (χ0) is 13.2. The Labute approximate surface area is 96.8 Å². The van der Waals surface area contributed by atoms with E-state index in [1.807, 2.05) is 0 Å². The minimum atomic E-state index is -4.57. The fourth-order valence-electron chi connectivity index (χ4n) is 1.23. The van der Waals surface area contributed by atoms with Gasteiger partial charge in [-0.25, -0.2) is 0 Å². The molecular formula is C10H14F3N3O. The van der Waals surface area contributed by atoms with Crippen LogP contribution in [-0.2, 0) is 18.0 Å². The van der Waals surface area contributed by atoms with Crippen LogP contribution < -0.4 is 5.32 Å². The number of halogens is 3. The Morgan fingerprint density at radius 1 is 1.59 bits per heavy atom. The number of rotatable bonds is 3. The SMILES string of the molecule is CC[C@@H](C)C(=O)Nc1cn(C)nc1C(F)(F)F. The van der Waals surface area contributed by atoms with Crippen LogP contribution in [0.15, 0.2) is 6.20 Å². The van der Waals surface area contributed by atoms with Gasteiger partial charge in [-0.05, 0) is 6.42 Å². The number of nitrogens with zero attached hydrogens (tertiary/aromatic N) is 2. The molecule has 0 unspecified atom stereocenters. The standard InChI is InChI=1S/C10H14F3N3O/c1-4-6(2)9(17)14-7-5-16(3)15-8(7)10(11,12)13/h5-6H,4H2,1-3H3,(H,14,17)/t6-/m1/s1. The Kier molecular flexibility index (Phi) is 3.79. The summed E-state index contributed by atoms with van der Waals surface area (Å²) in [6.07, 6.45) is -2.87. The molecule has 0 saturated heterocycles. The van der Waals surface area contributed by atoms with Crippen molar-refractivity contribution in [3.8, 4) is 0 Å². The fourth-order valence-corrected chi connectivity index (χ4v) is 1.23. The maximum Gasteiger partial charge on any atom is 0.437 e. The van der Waals surface area contributed by atoms with Crippen LogP contribution in [0.1, 0.15) is 26.0 Å². The third kappa shape index (κ3) is 3.21. The lowest BCUT2D eigenvalue weighted by atomic mass is 10.1. The average molecular weight is 249 g/mol. The normalized spacial score (nSPS) is 13.5. The third-order valence-corrected chi connectivity index (χ3v) is 2.42. The molecule has 7 heteroatoms.